The SMILES string of the molecule is COCC(=O)NC1C(c2cccs2)N(Cc2ccccc2Cl)CCC1(C)O. The summed E-state index contributed by atoms with van der Waals surface area (Å²) in [6.07, 6.45) is 0.553. The number of nitrogens with zero attached hydrogens (tertiary/aromatic N) is 1. The number of carbonyl (C=O) groups is 1. The zero-order chi connectivity index (χ0) is 19.4. The number of methoxy groups -OCH3 is 1. The van der Waals surface area contributed by atoms with Crippen LogP contribution in [-0.2, 0) is 16.1 Å². The van der Waals surface area contributed by atoms with Crippen LogP contribution in [0.2, 0.25) is 5.02 Å². The van der Waals surface area contributed by atoms with Gasteiger partial charge in [-0.05, 0) is 36.4 Å². The fourth-order valence-corrected chi connectivity index (χ4v) is 4.71. The molecular formula is C20H25ClN2O3S. The maximum atomic E-state index is 12.2. The van der Waals surface area contributed by atoms with Crippen LogP contribution >= 0.6 is 22.9 Å². The average molecular weight is 409 g/mol. The van der Waals surface area contributed by atoms with Gasteiger partial charge in [0, 0.05) is 30.1 Å². The topological polar surface area (TPSA) is 61.8 Å². The van der Waals surface area contributed by atoms with Crippen molar-refractivity contribution < 1.29 is 14.6 Å². The minimum Gasteiger partial charge on any atom is -0.388 e. The number of amides is 1. The molecule has 1 saturated heterocycles. The summed E-state index contributed by atoms with van der Waals surface area (Å²) in [5.41, 5.74) is 0.0129. The highest BCUT2D eigenvalue weighted by molar-refractivity contribution is 7.10. The van der Waals surface area contributed by atoms with Crippen molar-refractivity contribution >= 4 is 28.8 Å². The fraction of sp³-hybridized carbons (Fsp3) is 0.450. The summed E-state index contributed by atoms with van der Waals surface area (Å²) in [4.78, 5) is 15.6. The highest BCUT2D eigenvalue weighted by Crippen LogP contribution is 2.40. The smallest absolute Gasteiger partial charge is 0.246 e. The molecule has 2 N–H and O–H groups in total. The predicted octanol–water partition coefficient (Wildman–Crippen LogP) is 3.23. The van der Waals surface area contributed by atoms with E-state index in [0.29, 0.717) is 19.5 Å². The van der Waals surface area contributed by atoms with Gasteiger partial charge in [0.2, 0.25) is 5.91 Å². The molecule has 3 unspecified atom stereocenters. The average Bonchev–Trinajstić information content (AvgIpc) is 3.14. The molecule has 2 aromatic rings. The zero-order valence-corrected chi connectivity index (χ0v) is 17.1. The molecule has 1 amide bonds. The van der Waals surface area contributed by atoms with Gasteiger partial charge in [-0.3, -0.25) is 9.69 Å². The van der Waals surface area contributed by atoms with E-state index in [9.17, 15) is 9.90 Å². The molecule has 27 heavy (non-hydrogen) atoms. The van der Waals surface area contributed by atoms with Crippen molar-refractivity contribution in [3.05, 3.63) is 57.2 Å². The molecule has 0 aliphatic carbocycles. The molecule has 3 rings (SSSR count). The van der Waals surface area contributed by atoms with Gasteiger partial charge in [0.15, 0.2) is 0 Å². The Hall–Kier alpha value is -1.44. The number of halogens is 1. The Morgan fingerprint density at radius 3 is 2.85 bits per heavy atom. The Bertz CT molecular complexity index is 766. The molecule has 1 aromatic carbocycles. The predicted molar refractivity (Wildman–Crippen MR) is 108 cm³/mol. The summed E-state index contributed by atoms with van der Waals surface area (Å²) in [5, 5.41) is 16.8. The van der Waals surface area contributed by atoms with E-state index in [2.05, 4.69) is 10.2 Å². The Morgan fingerprint density at radius 1 is 1.41 bits per heavy atom. The first-order valence-electron chi connectivity index (χ1n) is 8.94. The Labute approximate surface area is 168 Å². The molecule has 1 aromatic heterocycles. The standard InChI is InChI=1S/C20H25ClN2O3S/c1-20(25)9-10-23(12-14-6-3-4-7-15(14)21)18(16-8-5-11-27-16)19(20)22-17(24)13-26-2/h3-8,11,18-19,25H,9-10,12-13H2,1-2H3,(H,22,24). The molecule has 0 saturated carbocycles. The molecule has 0 radical (unpaired) electrons. The van der Waals surface area contributed by atoms with Gasteiger partial charge in [0.05, 0.1) is 17.7 Å². The highest BCUT2D eigenvalue weighted by Gasteiger charge is 2.46. The van der Waals surface area contributed by atoms with Crippen LogP contribution in [0.25, 0.3) is 0 Å². The fourth-order valence-electron chi connectivity index (χ4n) is 3.62. The second kappa shape index (κ2) is 8.71. The Balaban J connectivity index is 1.93. The third kappa shape index (κ3) is 4.70. The molecule has 7 heteroatoms. The number of piperidine rings is 1. The third-order valence-electron chi connectivity index (χ3n) is 5.04. The maximum absolute atomic E-state index is 12.2. The lowest BCUT2D eigenvalue weighted by Crippen LogP contribution is -2.62. The van der Waals surface area contributed by atoms with Crippen molar-refractivity contribution in [2.75, 3.05) is 20.3 Å². The lowest BCUT2D eigenvalue weighted by molar-refractivity contribution is -0.132. The largest absolute Gasteiger partial charge is 0.388 e. The van der Waals surface area contributed by atoms with Gasteiger partial charge in [-0.2, -0.15) is 0 Å². The first kappa shape index (κ1) is 20.3. The van der Waals surface area contributed by atoms with Crippen LogP contribution in [-0.4, -0.2) is 47.8 Å². The van der Waals surface area contributed by atoms with E-state index < -0.39 is 11.6 Å². The minimum atomic E-state index is -1.02. The summed E-state index contributed by atoms with van der Waals surface area (Å²) in [6.45, 7) is 3.11. The Kier molecular flexibility index (Phi) is 6.55. The summed E-state index contributed by atoms with van der Waals surface area (Å²) in [5.74, 6) is -0.232. The van der Waals surface area contributed by atoms with E-state index in [4.69, 9.17) is 16.3 Å². The van der Waals surface area contributed by atoms with E-state index in [1.165, 1.54) is 7.11 Å². The van der Waals surface area contributed by atoms with Crippen LogP contribution in [0.4, 0.5) is 0 Å². The van der Waals surface area contributed by atoms with Gasteiger partial charge in [-0.1, -0.05) is 35.9 Å². The van der Waals surface area contributed by atoms with Gasteiger partial charge in [0.25, 0.3) is 0 Å². The van der Waals surface area contributed by atoms with Crippen molar-refractivity contribution in [1.82, 2.24) is 10.2 Å². The molecule has 3 atom stereocenters. The van der Waals surface area contributed by atoms with Crippen molar-refractivity contribution in [3.63, 3.8) is 0 Å². The first-order valence-corrected chi connectivity index (χ1v) is 10.2. The number of thiophene rings is 1. The van der Waals surface area contributed by atoms with E-state index in [1.54, 1.807) is 18.3 Å². The monoisotopic (exact) mass is 408 g/mol. The van der Waals surface area contributed by atoms with E-state index in [0.717, 1.165) is 15.5 Å². The number of nitrogens with one attached hydrogen (secondary N) is 1. The van der Waals surface area contributed by atoms with Gasteiger partial charge in [0.1, 0.15) is 6.61 Å². The molecule has 1 fully saturated rings. The molecule has 2 heterocycles. The van der Waals surface area contributed by atoms with E-state index >= 15 is 0 Å². The highest BCUT2D eigenvalue weighted by atomic mass is 35.5. The van der Waals surface area contributed by atoms with Crippen LogP contribution in [0.1, 0.15) is 29.8 Å². The van der Waals surface area contributed by atoms with Crippen LogP contribution in [0.3, 0.4) is 0 Å². The Morgan fingerprint density at radius 2 is 2.19 bits per heavy atom. The maximum Gasteiger partial charge on any atom is 0.246 e. The number of carbonyl (C=O) groups excluding carboxylic acids is 1. The van der Waals surface area contributed by atoms with E-state index in [-0.39, 0.29) is 18.6 Å². The van der Waals surface area contributed by atoms with Crippen molar-refractivity contribution in [2.45, 2.75) is 37.6 Å². The van der Waals surface area contributed by atoms with Crippen LogP contribution in [0.15, 0.2) is 41.8 Å². The number of benzene rings is 1. The zero-order valence-electron chi connectivity index (χ0n) is 15.5. The second-order valence-corrected chi connectivity index (χ2v) is 8.49. The molecule has 146 valence electrons. The van der Waals surface area contributed by atoms with Crippen LogP contribution < -0.4 is 5.32 Å². The van der Waals surface area contributed by atoms with Gasteiger partial charge >= 0.3 is 0 Å². The van der Waals surface area contributed by atoms with Crippen molar-refractivity contribution in [2.24, 2.45) is 0 Å². The van der Waals surface area contributed by atoms with E-state index in [1.807, 2.05) is 41.8 Å². The van der Waals surface area contributed by atoms with Crippen molar-refractivity contribution in [1.29, 1.82) is 0 Å². The molecule has 5 nitrogen and oxygen atoms in total. The number of rotatable bonds is 6. The van der Waals surface area contributed by atoms with Gasteiger partial charge in [-0.25, -0.2) is 0 Å². The third-order valence-corrected chi connectivity index (χ3v) is 6.35. The molecule has 0 bridgehead atoms. The quantitative estimate of drug-likeness (QED) is 0.770. The second-order valence-electron chi connectivity index (χ2n) is 7.11. The number of hydrogen-bond donors (Lipinski definition) is 2. The molecule has 1 aliphatic heterocycles. The number of aliphatic hydroxyl groups is 1. The van der Waals surface area contributed by atoms with Crippen molar-refractivity contribution in [3.8, 4) is 0 Å². The number of ether oxygens (including phenoxy) is 1. The first-order chi connectivity index (χ1) is 12.9. The number of likely N-dealkylation sites (tertiary alicyclic amines) is 1. The normalized spacial score (nSPS) is 26.1. The van der Waals surface area contributed by atoms with Gasteiger partial charge < -0.3 is 15.2 Å². The summed E-state index contributed by atoms with van der Waals surface area (Å²) < 4.78 is 4.96. The summed E-state index contributed by atoms with van der Waals surface area (Å²) >= 11 is 8.00. The summed E-state index contributed by atoms with van der Waals surface area (Å²) in [6, 6.07) is 11.2. The lowest BCUT2D eigenvalue weighted by Gasteiger charge is -2.48. The lowest BCUT2D eigenvalue weighted by atomic mass is 9.81. The molecular weight excluding hydrogens is 384 g/mol. The molecule has 1 aliphatic rings. The minimum absolute atomic E-state index is 0.0335. The summed E-state index contributed by atoms with van der Waals surface area (Å²) in [7, 11) is 1.49. The molecule has 0 spiro atoms. The van der Waals surface area contributed by atoms with Crippen LogP contribution in [0, 0.1) is 0 Å². The van der Waals surface area contributed by atoms with Gasteiger partial charge in [-0.15, -0.1) is 11.3 Å². The van der Waals surface area contributed by atoms with Crippen LogP contribution in [0.5, 0.6) is 0 Å². The number of hydrogen-bond acceptors (Lipinski definition) is 5.